The number of benzene rings is 1. The summed E-state index contributed by atoms with van der Waals surface area (Å²) in [5.74, 6) is -1.52. The normalized spacial score (nSPS) is 25.6. The number of ether oxygens (including phenoxy) is 1. The third kappa shape index (κ3) is 5.08. The lowest BCUT2D eigenvalue weighted by molar-refractivity contribution is -0.140. The molecule has 0 bridgehead atoms. The first kappa shape index (κ1) is 27.5. The number of para-hydroxylation sites is 1. The minimum Gasteiger partial charge on any atom is -0.480 e. The maximum atomic E-state index is 13.7. The van der Waals surface area contributed by atoms with Crippen molar-refractivity contribution in [2.75, 3.05) is 12.3 Å². The van der Waals surface area contributed by atoms with E-state index in [0.29, 0.717) is 5.52 Å². The van der Waals surface area contributed by atoms with Gasteiger partial charge in [0.15, 0.2) is 5.82 Å². The Morgan fingerprint density at radius 1 is 1.32 bits per heavy atom. The quantitative estimate of drug-likeness (QED) is 0.225. The highest BCUT2D eigenvalue weighted by Crippen LogP contribution is 2.47. The fourth-order valence-corrected chi connectivity index (χ4v) is 5.76. The van der Waals surface area contributed by atoms with E-state index in [4.69, 9.17) is 19.5 Å². The van der Waals surface area contributed by atoms with Gasteiger partial charge in [-0.15, -0.1) is 0 Å². The monoisotopic (exact) mass is 546 g/mol. The number of fused-ring (bicyclic) bond motifs is 1. The van der Waals surface area contributed by atoms with Gasteiger partial charge in [-0.2, -0.15) is 15.4 Å². The molecule has 1 aliphatic heterocycles. The highest BCUT2D eigenvalue weighted by Gasteiger charge is 2.58. The van der Waals surface area contributed by atoms with Gasteiger partial charge in [0, 0.05) is 0 Å². The molecule has 1 aromatic carbocycles. The van der Waals surface area contributed by atoms with Crippen molar-refractivity contribution in [3.63, 3.8) is 0 Å². The lowest BCUT2D eigenvalue weighted by Crippen LogP contribution is -2.41. The SMILES string of the molecule is CC(C)C(NP(=O)(OC[C@H]1O[C@@](C#N)(c2ccc3c(N)ncnn23)[C@H](O)[C@@H]1O)Oc1ccccc1)C(=O)O. The Morgan fingerprint density at radius 2 is 2.03 bits per heavy atom. The van der Waals surface area contributed by atoms with Crippen LogP contribution in [-0.2, 0) is 24.2 Å². The van der Waals surface area contributed by atoms with Crippen molar-refractivity contribution in [2.45, 2.75) is 43.8 Å². The number of nitrogen functional groups attached to an aromatic ring is 1. The van der Waals surface area contributed by atoms with Crippen LogP contribution < -0.4 is 15.3 Å². The zero-order valence-corrected chi connectivity index (χ0v) is 21.3. The van der Waals surface area contributed by atoms with Crippen LogP contribution in [0.15, 0.2) is 48.8 Å². The predicted molar refractivity (Wildman–Crippen MR) is 132 cm³/mol. The second-order valence-corrected chi connectivity index (χ2v) is 10.7. The summed E-state index contributed by atoms with van der Waals surface area (Å²) in [5, 5.41) is 47.8. The number of aliphatic hydroxyl groups is 2. The molecular weight excluding hydrogens is 519 g/mol. The molecule has 0 saturated carbocycles. The van der Waals surface area contributed by atoms with Gasteiger partial charge in [-0.25, -0.2) is 14.1 Å². The summed E-state index contributed by atoms with van der Waals surface area (Å²) < 4.78 is 31.9. The van der Waals surface area contributed by atoms with E-state index in [1.165, 1.54) is 28.8 Å². The minimum atomic E-state index is -4.39. The molecule has 15 heteroatoms. The number of aromatic nitrogens is 3. The van der Waals surface area contributed by atoms with Crippen molar-refractivity contribution in [3.05, 3.63) is 54.5 Å². The van der Waals surface area contributed by atoms with Crippen molar-refractivity contribution in [3.8, 4) is 11.8 Å². The van der Waals surface area contributed by atoms with Gasteiger partial charge in [0.25, 0.3) is 0 Å². The fourth-order valence-electron chi connectivity index (χ4n) is 4.09. The van der Waals surface area contributed by atoms with Crippen molar-refractivity contribution in [1.82, 2.24) is 19.7 Å². The van der Waals surface area contributed by atoms with Crippen molar-refractivity contribution in [2.24, 2.45) is 5.92 Å². The number of carbonyl (C=O) groups is 1. The first-order valence-corrected chi connectivity index (χ1v) is 13.1. The Balaban J connectivity index is 1.61. The van der Waals surface area contributed by atoms with Gasteiger partial charge in [0.05, 0.1) is 12.3 Å². The number of carboxylic acid groups (broad SMARTS) is 1. The molecule has 3 heterocycles. The van der Waals surface area contributed by atoms with Gasteiger partial charge < -0.3 is 30.3 Å². The maximum absolute atomic E-state index is 13.7. The molecule has 0 spiro atoms. The number of aliphatic carboxylic acids is 1. The molecule has 3 aromatic rings. The molecule has 4 rings (SSSR count). The van der Waals surface area contributed by atoms with Crippen LogP contribution in [-0.4, -0.2) is 66.8 Å². The van der Waals surface area contributed by atoms with Gasteiger partial charge >= 0.3 is 13.7 Å². The van der Waals surface area contributed by atoms with Gasteiger partial charge in [-0.3, -0.25) is 9.32 Å². The van der Waals surface area contributed by atoms with Crippen molar-refractivity contribution < 1.29 is 38.5 Å². The summed E-state index contributed by atoms with van der Waals surface area (Å²) in [6.07, 6.45) is -3.64. The van der Waals surface area contributed by atoms with Crippen molar-refractivity contribution >= 4 is 25.1 Å². The predicted octanol–water partition coefficient (Wildman–Crippen LogP) is 1.05. The van der Waals surface area contributed by atoms with Crippen molar-refractivity contribution in [1.29, 1.82) is 5.26 Å². The molecule has 0 radical (unpaired) electrons. The number of hydrogen-bond acceptors (Lipinski definition) is 11. The molecule has 202 valence electrons. The minimum absolute atomic E-state index is 0.0748. The highest BCUT2D eigenvalue weighted by molar-refractivity contribution is 7.52. The average Bonchev–Trinajstić information content (AvgIpc) is 3.43. The molecule has 6 N–H and O–H groups in total. The van der Waals surface area contributed by atoms with Crippen LogP contribution in [0.5, 0.6) is 5.75 Å². The maximum Gasteiger partial charge on any atom is 0.459 e. The van der Waals surface area contributed by atoms with Crippen LogP contribution in [0.25, 0.3) is 5.52 Å². The Bertz CT molecular complexity index is 1400. The molecule has 6 atom stereocenters. The van der Waals surface area contributed by atoms with Gasteiger partial charge in [0.2, 0.25) is 5.60 Å². The Hall–Kier alpha value is -3.57. The third-order valence-electron chi connectivity index (χ3n) is 6.09. The summed E-state index contributed by atoms with van der Waals surface area (Å²) in [6.45, 7) is 2.58. The van der Waals surface area contributed by atoms with Crippen LogP contribution >= 0.6 is 7.75 Å². The summed E-state index contributed by atoms with van der Waals surface area (Å²) in [6, 6.07) is 11.5. The number of nitriles is 1. The van der Waals surface area contributed by atoms with E-state index in [2.05, 4.69) is 15.2 Å². The average molecular weight is 546 g/mol. The van der Waals surface area contributed by atoms with E-state index in [0.717, 1.165) is 6.33 Å². The topological polar surface area (TPSA) is 215 Å². The number of rotatable bonds is 10. The number of aliphatic hydroxyl groups excluding tert-OH is 2. The van der Waals surface area contributed by atoms with Gasteiger partial charge in [0.1, 0.15) is 48.0 Å². The number of hydrogen-bond donors (Lipinski definition) is 5. The lowest BCUT2D eigenvalue weighted by Gasteiger charge is -2.27. The third-order valence-corrected chi connectivity index (χ3v) is 7.63. The molecule has 0 amide bonds. The Labute approximate surface area is 217 Å². The van der Waals surface area contributed by atoms with E-state index < -0.39 is 56.2 Å². The standard InChI is InChI=1S/C23H27N6O8P/c1-13(2)18(22(32)33)28-38(34,37-14-6-4-3-5-7-14)35-10-16-19(30)20(31)23(11-24,36-16)17-9-8-15-21(25)26-12-27-29(15)17/h3-9,12-13,16,18-20,30-31H,10H2,1-2H3,(H,28,34)(H,32,33)(H2,25,26,27)/t16-,18?,19-,20-,23+,38?/m1/s1. The molecule has 1 saturated heterocycles. The van der Waals surface area contributed by atoms with Gasteiger partial charge in [-0.1, -0.05) is 32.0 Å². The molecule has 0 aliphatic carbocycles. The molecular formula is C23H27N6O8P. The number of nitrogens with one attached hydrogen (secondary N) is 1. The molecule has 14 nitrogen and oxygen atoms in total. The van der Waals surface area contributed by atoms with Crippen LogP contribution in [0.2, 0.25) is 0 Å². The number of nitrogens with two attached hydrogens (primary N) is 1. The van der Waals surface area contributed by atoms with E-state index in [1.807, 2.05) is 6.07 Å². The lowest BCUT2D eigenvalue weighted by atomic mass is 9.92. The van der Waals surface area contributed by atoms with Crippen LogP contribution in [0.3, 0.4) is 0 Å². The Morgan fingerprint density at radius 3 is 2.66 bits per heavy atom. The molecule has 1 aliphatic rings. The van der Waals surface area contributed by atoms with E-state index in [1.54, 1.807) is 32.0 Å². The molecule has 2 unspecified atom stereocenters. The second kappa shape index (κ2) is 10.7. The van der Waals surface area contributed by atoms with Gasteiger partial charge in [-0.05, 0) is 30.2 Å². The van der Waals surface area contributed by atoms with E-state index in [9.17, 15) is 29.9 Å². The highest BCUT2D eigenvalue weighted by atomic mass is 31.2. The van der Waals surface area contributed by atoms with Crippen LogP contribution in [0.4, 0.5) is 5.82 Å². The number of nitrogens with zero attached hydrogens (tertiary/aromatic N) is 4. The summed E-state index contributed by atoms with van der Waals surface area (Å²) in [4.78, 5) is 15.6. The largest absolute Gasteiger partial charge is 0.480 e. The summed E-state index contributed by atoms with van der Waals surface area (Å²) in [7, 11) is -4.39. The number of carboxylic acids is 1. The number of anilines is 1. The van der Waals surface area contributed by atoms with Crippen LogP contribution in [0, 0.1) is 17.2 Å². The summed E-state index contributed by atoms with van der Waals surface area (Å²) >= 11 is 0. The van der Waals surface area contributed by atoms with Crippen LogP contribution in [0.1, 0.15) is 19.5 Å². The zero-order chi connectivity index (χ0) is 27.7. The zero-order valence-electron chi connectivity index (χ0n) is 20.4. The first-order chi connectivity index (χ1) is 18.0. The second-order valence-electron chi connectivity index (χ2n) is 8.99. The smallest absolute Gasteiger partial charge is 0.459 e. The molecule has 1 fully saturated rings. The fraction of sp³-hybridized carbons (Fsp3) is 0.391. The first-order valence-electron chi connectivity index (χ1n) is 11.5. The summed E-state index contributed by atoms with van der Waals surface area (Å²) in [5.41, 5.74) is 4.19. The Kier molecular flexibility index (Phi) is 7.70. The van der Waals surface area contributed by atoms with E-state index >= 15 is 0 Å². The molecule has 38 heavy (non-hydrogen) atoms. The molecule has 2 aromatic heterocycles. The van der Waals surface area contributed by atoms with E-state index in [-0.39, 0.29) is 17.3 Å².